The number of nitrogens with two attached hydrogens (primary N) is 1. The second-order valence-electron chi connectivity index (χ2n) is 3.36. The van der Waals surface area contributed by atoms with Crippen molar-refractivity contribution in [3.63, 3.8) is 0 Å². The molecule has 2 N–H and O–H groups in total. The second kappa shape index (κ2) is 5.27. The van der Waals surface area contributed by atoms with E-state index in [1.165, 1.54) is 0 Å². The van der Waals surface area contributed by atoms with Crippen LogP contribution in [0.1, 0.15) is 28.9 Å². The van der Waals surface area contributed by atoms with Gasteiger partial charge in [0, 0.05) is 12.1 Å². The summed E-state index contributed by atoms with van der Waals surface area (Å²) in [5.41, 5.74) is 2.12. The Bertz CT molecular complexity index is 476. The van der Waals surface area contributed by atoms with Crippen molar-refractivity contribution in [2.75, 3.05) is 0 Å². The molecule has 1 heterocycles. The van der Waals surface area contributed by atoms with Gasteiger partial charge in [0.05, 0.1) is 23.7 Å². The van der Waals surface area contributed by atoms with E-state index in [9.17, 15) is 22.0 Å². The SMILES string of the molecule is N#CCc1nc(C(F)F)cc(C(F)(F)F)c1CN. The van der Waals surface area contributed by atoms with Crippen molar-refractivity contribution in [1.29, 1.82) is 5.26 Å². The molecule has 3 nitrogen and oxygen atoms in total. The fourth-order valence-corrected chi connectivity index (χ4v) is 1.46. The van der Waals surface area contributed by atoms with Gasteiger partial charge in [-0.3, -0.25) is 4.98 Å². The Morgan fingerprint density at radius 2 is 2.00 bits per heavy atom. The number of rotatable bonds is 3. The summed E-state index contributed by atoms with van der Waals surface area (Å²) in [5.74, 6) is 0. The summed E-state index contributed by atoms with van der Waals surface area (Å²) in [6, 6.07) is 1.84. The number of nitriles is 1. The number of hydrogen-bond acceptors (Lipinski definition) is 3. The lowest BCUT2D eigenvalue weighted by Crippen LogP contribution is -2.17. The molecule has 0 spiro atoms. The van der Waals surface area contributed by atoms with Gasteiger partial charge in [-0.1, -0.05) is 0 Å². The highest BCUT2D eigenvalue weighted by Crippen LogP contribution is 2.35. The molecule has 8 heteroatoms. The van der Waals surface area contributed by atoms with Crippen molar-refractivity contribution >= 4 is 0 Å². The van der Waals surface area contributed by atoms with Crippen LogP contribution in [-0.2, 0) is 19.1 Å². The Kier molecular flexibility index (Phi) is 4.19. The average Bonchev–Trinajstić information content (AvgIpc) is 2.27. The molecule has 0 aliphatic rings. The predicted molar refractivity (Wildman–Crippen MR) is 51.4 cm³/mol. The van der Waals surface area contributed by atoms with Gasteiger partial charge in [0.1, 0.15) is 5.69 Å². The van der Waals surface area contributed by atoms with Gasteiger partial charge in [0.2, 0.25) is 0 Å². The van der Waals surface area contributed by atoms with E-state index < -0.39 is 42.4 Å². The maximum Gasteiger partial charge on any atom is 0.416 e. The molecule has 0 aromatic carbocycles. The van der Waals surface area contributed by atoms with Gasteiger partial charge < -0.3 is 5.73 Å². The highest BCUT2D eigenvalue weighted by Gasteiger charge is 2.35. The Balaban J connectivity index is 3.52. The van der Waals surface area contributed by atoms with Crippen LogP contribution in [0.4, 0.5) is 22.0 Å². The lowest BCUT2D eigenvalue weighted by Gasteiger charge is -2.15. The highest BCUT2D eigenvalue weighted by atomic mass is 19.4. The molecule has 0 atom stereocenters. The minimum absolute atomic E-state index is 0.272. The molecule has 0 bridgehead atoms. The fraction of sp³-hybridized carbons (Fsp3) is 0.400. The smallest absolute Gasteiger partial charge is 0.326 e. The van der Waals surface area contributed by atoms with Crippen molar-refractivity contribution in [1.82, 2.24) is 4.98 Å². The predicted octanol–water partition coefficient (Wildman–Crippen LogP) is 2.56. The molecule has 1 rings (SSSR count). The van der Waals surface area contributed by atoms with Gasteiger partial charge in [-0.25, -0.2) is 8.78 Å². The minimum atomic E-state index is -4.81. The average molecular weight is 265 g/mol. The third kappa shape index (κ3) is 2.92. The van der Waals surface area contributed by atoms with Crippen LogP contribution in [0.15, 0.2) is 6.07 Å². The zero-order valence-corrected chi connectivity index (χ0v) is 8.93. The normalized spacial score (nSPS) is 11.7. The lowest BCUT2D eigenvalue weighted by atomic mass is 10.0. The van der Waals surface area contributed by atoms with Gasteiger partial charge in [0.15, 0.2) is 0 Å². The summed E-state index contributed by atoms with van der Waals surface area (Å²) in [7, 11) is 0. The molecule has 18 heavy (non-hydrogen) atoms. The van der Waals surface area contributed by atoms with Gasteiger partial charge in [-0.05, 0) is 6.07 Å². The maximum absolute atomic E-state index is 12.7. The van der Waals surface area contributed by atoms with Crippen molar-refractivity contribution in [2.24, 2.45) is 5.73 Å². The van der Waals surface area contributed by atoms with Crippen LogP contribution < -0.4 is 5.73 Å². The summed E-state index contributed by atoms with van der Waals surface area (Å²) in [5, 5.41) is 8.46. The molecular weight excluding hydrogens is 257 g/mol. The number of alkyl halides is 5. The van der Waals surface area contributed by atoms with E-state index >= 15 is 0 Å². The summed E-state index contributed by atoms with van der Waals surface area (Å²) in [6.45, 7) is -0.525. The van der Waals surface area contributed by atoms with E-state index in [0.29, 0.717) is 0 Å². The lowest BCUT2D eigenvalue weighted by molar-refractivity contribution is -0.138. The summed E-state index contributed by atoms with van der Waals surface area (Å²) < 4.78 is 63.0. The molecule has 0 unspecified atom stereocenters. The Hall–Kier alpha value is -1.75. The van der Waals surface area contributed by atoms with E-state index in [0.717, 1.165) is 0 Å². The molecule has 0 saturated heterocycles. The molecular formula is C10H8F5N3. The monoisotopic (exact) mass is 265 g/mol. The number of pyridine rings is 1. The van der Waals surface area contributed by atoms with E-state index in [1.54, 1.807) is 6.07 Å². The molecule has 0 aliphatic carbocycles. The van der Waals surface area contributed by atoms with E-state index in [4.69, 9.17) is 11.0 Å². The van der Waals surface area contributed by atoms with Gasteiger partial charge in [0.25, 0.3) is 6.43 Å². The van der Waals surface area contributed by atoms with E-state index in [-0.39, 0.29) is 11.8 Å². The zero-order valence-electron chi connectivity index (χ0n) is 8.93. The fourth-order valence-electron chi connectivity index (χ4n) is 1.46. The molecule has 0 radical (unpaired) electrons. The van der Waals surface area contributed by atoms with Crippen LogP contribution in [-0.4, -0.2) is 4.98 Å². The summed E-state index contributed by atoms with van der Waals surface area (Å²) in [4.78, 5) is 3.35. The zero-order chi connectivity index (χ0) is 13.9. The van der Waals surface area contributed by atoms with E-state index in [1.807, 2.05) is 0 Å². The van der Waals surface area contributed by atoms with Crippen molar-refractivity contribution in [2.45, 2.75) is 25.6 Å². The van der Waals surface area contributed by atoms with Crippen LogP contribution >= 0.6 is 0 Å². The topological polar surface area (TPSA) is 62.7 Å². The number of hydrogen-bond donors (Lipinski definition) is 1. The van der Waals surface area contributed by atoms with E-state index in [2.05, 4.69) is 4.98 Å². The molecule has 1 aromatic heterocycles. The van der Waals surface area contributed by atoms with Crippen LogP contribution in [0.2, 0.25) is 0 Å². The molecule has 0 amide bonds. The van der Waals surface area contributed by atoms with Crippen LogP contribution in [0.25, 0.3) is 0 Å². The van der Waals surface area contributed by atoms with Gasteiger partial charge in [-0.15, -0.1) is 0 Å². The van der Waals surface area contributed by atoms with Crippen molar-refractivity contribution < 1.29 is 22.0 Å². The standard InChI is InChI=1S/C10H8F5N3/c11-9(12)8-3-6(10(13,14)15)5(4-17)7(18-8)1-2-16/h3,9H,1,4,17H2. The molecule has 0 fully saturated rings. The first-order valence-electron chi connectivity index (χ1n) is 4.76. The van der Waals surface area contributed by atoms with Gasteiger partial charge in [-0.2, -0.15) is 18.4 Å². The van der Waals surface area contributed by atoms with Crippen LogP contribution in [0.3, 0.4) is 0 Å². The maximum atomic E-state index is 12.7. The Morgan fingerprint density at radius 1 is 1.39 bits per heavy atom. The molecule has 98 valence electrons. The van der Waals surface area contributed by atoms with Crippen molar-refractivity contribution in [3.05, 3.63) is 28.6 Å². The second-order valence-corrected chi connectivity index (χ2v) is 3.36. The number of aromatic nitrogens is 1. The first kappa shape index (κ1) is 14.3. The third-order valence-electron chi connectivity index (χ3n) is 2.21. The third-order valence-corrected chi connectivity index (χ3v) is 2.21. The largest absolute Gasteiger partial charge is 0.416 e. The molecule has 0 aliphatic heterocycles. The first-order chi connectivity index (χ1) is 8.31. The van der Waals surface area contributed by atoms with Gasteiger partial charge >= 0.3 is 6.18 Å². The summed E-state index contributed by atoms with van der Waals surface area (Å²) in [6.07, 6.45) is -8.46. The number of nitrogens with zero attached hydrogens (tertiary/aromatic N) is 2. The molecule has 0 saturated carbocycles. The Morgan fingerprint density at radius 3 is 2.39 bits per heavy atom. The number of halogens is 5. The quantitative estimate of drug-likeness (QED) is 0.854. The Labute approximate surface area is 99.0 Å². The van der Waals surface area contributed by atoms with Crippen LogP contribution in [0.5, 0.6) is 0 Å². The highest BCUT2D eigenvalue weighted by molar-refractivity contribution is 5.36. The summed E-state index contributed by atoms with van der Waals surface area (Å²) >= 11 is 0. The van der Waals surface area contributed by atoms with Crippen LogP contribution in [0, 0.1) is 11.3 Å². The first-order valence-corrected chi connectivity index (χ1v) is 4.76. The molecule has 1 aromatic rings. The van der Waals surface area contributed by atoms with Crippen molar-refractivity contribution in [3.8, 4) is 6.07 Å². The minimum Gasteiger partial charge on any atom is -0.326 e.